The molecule has 0 spiro atoms. The van der Waals surface area contributed by atoms with Crippen molar-refractivity contribution in [2.75, 3.05) is 26.8 Å². The summed E-state index contributed by atoms with van der Waals surface area (Å²) >= 11 is 0. The average molecular weight is 226 g/mol. The van der Waals surface area contributed by atoms with Crippen LogP contribution in [0.1, 0.15) is 32.6 Å². The molecule has 0 bridgehead atoms. The van der Waals surface area contributed by atoms with Gasteiger partial charge >= 0.3 is 0 Å². The molecule has 1 aliphatic heterocycles. The maximum absolute atomic E-state index is 12.3. The Balaban J connectivity index is 2.01. The summed E-state index contributed by atoms with van der Waals surface area (Å²) in [6.45, 7) is 4.48. The lowest BCUT2D eigenvalue weighted by Gasteiger charge is -2.36. The first kappa shape index (κ1) is 11.9. The highest BCUT2D eigenvalue weighted by Gasteiger charge is 2.46. The monoisotopic (exact) mass is 226 g/mol. The van der Waals surface area contributed by atoms with Crippen LogP contribution in [-0.4, -0.2) is 38.3 Å². The third-order valence-electron chi connectivity index (χ3n) is 3.88. The van der Waals surface area contributed by atoms with Gasteiger partial charge in [0.25, 0.3) is 0 Å². The normalized spacial score (nSPS) is 26.1. The van der Waals surface area contributed by atoms with Gasteiger partial charge in [0.2, 0.25) is 5.91 Å². The van der Waals surface area contributed by atoms with E-state index in [0.717, 1.165) is 38.8 Å². The van der Waals surface area contributed by atoms with E-state index in [9.17, 15) is 4.79 Å². The van der Waals surface area contributed by atoms with E-state index in [-0.39, 0.29) is 16.9 Å². The molecule has 4 heteroatoms. The van der Waals surface area contributed by atoms with Crippen LogP contribution in [0, 0.1) is 5.41 Å². The fourth-order valence-corrected chi connectivity index (χ4v) is 2.34. The minimum absolute atomic E-state index is 0.0721. The van der Waals surface area contributed by atoms with Crippen LogP contribution in [0.15, 0.2) is 0 Å². The van der Waals surface area contributed by atoms with Crippen LogP contribution in [0.3, 0.4) is 0 Å². The Morgan fingerprint density at radius 2 is 1.94 bits per heavy atom. The summed E-state index contributed by atoms with van der Waals surface area (Å²) in [6, 6.07) is 0. The Morgan fingerprint density at radius 1 is 1.31 bits per heavy atom. The molecule has 0 aromatic heterocycles. The molecule has 1 saturated heterocycles. The maximum Gasteiger partial charge on any atom is 0.229 e. The Hall–Kier alpha value is -0.610. The molecule has 0 atom stereocenters. The van der Waals surface area contributed by atoms with E-state index < -0.39 is 0 Å². The lowest BCUT2D eigenvalue weighted by atomic mass is 9.78. The highest BCUT2D eigenvalue weighted by Crippen LogP contribution is 2.37. The largest absolute Gasteiger partial charge is 0.384 e. The van der Waals surface area contributed by atoms with Crippen LogP contribution >= 0.6 is 0 Å². The number of hydrogen-bond acceptors (Lipinski definition) is 3. The van der Waals surface area contributed by atoms with Crippen LogP contribution in [-0.2, 0) is 9.53 Å². The number of nitrogens with one attached hydrogen (secondary N) is 2. The molecular weight excluding hydrogens is 204 g/mol. The van der Waals surface area contributed by atoms with Crippen molar-refractivity contribution in [3.8, 4) is 0 Å². The molecule has 16 heavy (non-hydrogen) atoms. The second-order valence-electron chi connectivity index (χ2n) is 5.48. The van der Waals surface area contributed by atoms with Gasteiger partial charge in [-0.25, -0.2) is 0 Å². The molecule has 2 fully saturated rings. The SMILES string of the molecule is COCC1(C(=O)NC2(C)CC2)CCNCC1. The van der Waals surface area contributed by atoms with E-state index in [4.69, 9.17) is 4.74 Å². The van der Waals surface area contributed by atoms with Gasteiger partial charge in [-0.2, -0.15) is 0 Å². The number of carbonyl (C=O) groups is 1. The summed E-state index contributed by atoms with van der Waals surface area (Å²) in [5.74, 6) is 0.191. The van der Waals surface area contributed by atoms with Crippen molar-refractivity contribution in [1.82, 2.24) is 10.6 Å². The lowest BCUT2D eigenvalue weighted by Crippen LogP contribution is -2.52. The zero-order valence-corrected chi connectivity index (χ0v) is 10.3. The molecule has 1 amide bonds. The van der Waals surface area contributed by atoms with Crippen LogP contribution in [0.5, 0.6) is 0 Å². The van der Waals surface area contributed by atoms with Crippen molar-refractivity contribution in [3.63, 3.8) is 0 Å². The minimum Gasteiger partial charge on any atom is -0.384 e. The lowest BCUT2D eigenvalue weighted by molar-refractivity contribution is -0.137. The van der Waals surface area contributed by atoms with E-state index >= 15 is 0 Å². The van der Waals surface area contributed by atoms with E-state index in [1.807, 2.05) is 0 Å². The molecule has 4 nitrogen and oxygen atoms in total. The van der Waals surface area contributed by atoms with Crippen molar-refractivity contribution in [2.45, 2.75) is 38.1 Å². The molecule has 0 aromatic carbocycles. The first-order valence-corrected chi connectivity index (χ1v) is 6.13. The number of methoxy groups -OCH3 is 1. The highest BCUT2D eigenvalue weighted by molar-refractivity contribution is 5.84. The topological polar surface area (TPSA) is 50.4 Å². The number of rotatable bonds is 4. The number of carbonyl (C=O) groups excluding carboxylic acids is 1. The molecule has 0 radical (unpaired) electrons. The number of hydrogen-bond donors (Lipinski definition) is 2. The van der Waals surface area contributed by atoms with Crippen LogP contribution in [0.2, 0.25) is 0 Å². The van der Waals surface area contributed by atoms with Crippen LogP contribution in [0.4, 0.5) is 0 Å². The molecule has 2 N–H and O–H groups in total. The average Bonchev–Trinajstić information content (AvgIpc) is 2.98. The molecule has 2 rings (SSSR count). The molecule has 1 saturated carbocycles. The highest BCUT2D eigenvalue weighted by atomic mass is 16.5. The van der Waals surface area contributed by atoms with Gasteiger partial charge in [0.05, 0.1) is 12.0 Å². The predicted octanol–water partition coefficient (Wildman–Crippen LogP) is 0.671. The fourth-order valence-electron chi connectivity index (χ4n) is 2.34. The van der Waals surface area contributed by atoms with Crippen LogP contribution < -0.4 is 10.6 Å². The van der Waals surface area contributed by atoms with E-state index in [2.05, 4.69) is 17.6 Å². The quantitative estimate of drug-likeness (QED) is 0.741. The van der Waals surface area contributed by atoms with Crippen molar-refractivity contribution in [1.29, 1.82) is 0 Å². The van der Waals surface area contributed by atoms with Gasteiger partial charge in [0.15, 0.2) is 0 Å². The molecule has 1 heterocycles. The maximum atomic E-state index is 12.3. The summed E-state index contributed by atoms with van der Waals surface area (Å²) in [5, 5.41) is 6.47. The zero-order chi connectivity index (χ0) is 11.6. The minimum atomic E-state index is -0.300. The molecule has 2 aliphatic rings. The van der Waals surface area contributed by atoms with Gasteiger partial charge in [-0.1, -0.05) is 0 Å². The predicted molar refractivity (Wildman–Crippen MR) is 62.2 cm³/mol. The van der Waals surface area contributed by atoms with Gasteiger partial charge in [-0.15, -0.1) is 0 Å². The van der Waals surface area contributed by atoms with Gasteiger partial charge in [-0.3, -0.25) is 4.79 Å². The molecular formula is C12H22N2O2. The third kappa shape index (κ3) is 2.38. The first-order chi connectivity index (χ1) is 7.60. The Morgan fingerprint density at radius 3 is 2.44 bits per heavy atom. The van der Waals surface area contributed by atoms with Crippen molar-refractivity contribution < 1.29 is 9.53 Å². The summed E-state index contributed by atoms with van der Waals surface area (Å²) in [5.41, 5.74) is -0.228. The summed E-state index contributed by atoms with van der Waals surface area (Å²) in [6.07, 6.45) is 3.98. The van der Waals surface area contributed by atoms with Gasteiger partial charge < -0.3 is 15.4 Å². The van der Waals surface area contributed by atoms with Crippen molar-refractivity contribution in [2.24, 2.45) is 5.41 Å². The van der Waals surface area contributed by atoms with Crippen molar-refractivity contribution in [3.05, 3.63) is 0 Å². The standard InChI is InChI=1S/C12H22N2O2/c1-11(3-4-11)14-10(15)12(9-16-2)5-7-13-8-6-12/h13H,3-9H2,1-2H3,(H,14,15). The molecule has 0 aromatic rings. The van der Waals surface area contributed by atoms with E-state index in [0.29, 0.717) is 6.61 Å². The fraction of sp³-hybridized carbons (Fsp3) is 0.917. The third-order valence-corrected chi connectivity index (χ3v) is 3.88. The van der Waals surface area contributed by atoms with Crippen molar-refractivity contribution >= 4 is 5.91 Å². The summed E-state index contributed by atoms with van der Waals surface area (Å²) < 4.78 is 5.25. The Labute approximate surface area is 97.1 Å². The van der Waals surface area contributed by atoms with E-state index in [1.165, 1.54) is 0 Å². The zero-order valence-electron chi connectivity index (χ0n) is 10.3. The number of amides is 1. The van der Waals surface area contributed by atoms with Gasteiger partial charge in [0.1, 0.15) is 0 Å². The molecule has 0 unspecified atom stereocenters. The molecule has 92 valence electrons. The first-order valence-electron chi connectivity index (χ1n) is 6.13. The Bertz CT molecular complexity index is 263. The number of piperidine rings is 1. The number of ether oxygens (including phenoxy) is 1. The summed E-state index contributed by atoms with van der Waals surface area (Å²) in [7, 11) is 1.68. The second kappa shape index (κ2) is 4.34. The molecule has 1 aliphatic carbocycles. The summed E-state index contributed by atoms with van der Waals surface area (Å²) in [4.78, 5) is 12.3. The second-order valence-corrected chi connectivity index (χ2v) is 5.48. The van der Waals surface area contributed by atoms with Gasteiger partial charge in [-0.05, 0) is 45.7 Å². The Kier molecular flexibility index (Phi) is 3.22. The smallest absolute Gasteiger partial charge is 0.229 e. The van der Waals surface area contributed by atoms with Crippen LogP contribution in [0.25, 0.3) is 0 Å². The van der Waals surface area contributed by atoms with Gasteiger partial charge in [0, 0.05) is 12.6 Å². The van der Waals surface area contributed by atoms with E-state index in [1.54, 1.807) is 7.11 Å².